The zero-order valence-electron chi connectivity index (χ0n) is 10.3. The zero-order chi connectivity index (χ0) is 12.3. The van der Waals surface area contributed by atoms with E-state index in [1.165, 1.54) is 5.56 Å². The van der Waals surface area contributed by atoms with E-state index in [4.69, 9.17) is 4.74 Å². The minimum atomic E-state index is 0.000401. The predicted octanol–water partition coefficient (Wildman–Crippen LogP) is 1.19. The summed E-state index contributed by atoms with van der Waals surface area (Å²) in [5.74, 6) is 0.814. The number of carbonyl (C=O) groups is 1. The molecule has 4 nitrogen and oxygen atoms in total. The first-order valence-electron chi connectivity index (χ1n) is 5.89. The van der Waals surface area contributed by atoms with Crippen LogP contribution < -0.4 is 15.0 Å². The second-order valence-electron chi connectivity index (χ2n) is 4.25. The monoisotopic (exact) mass is 234 g/mol. The van der Waals surface area contributed by atoms with E-state index in [1.54, 1.807) is 11.9 Å². The Bertz CT molecular complexity index is 418. The Labute approximate surface area is 102 Å². The molecule has 1 aliphatic heterocycles. The van der Waals surface area contributed by atoms with Gasteiger partial charge in [0.2, 0.25) is 0 Å². The van der Waals surface area contributed by atoms with Gasteiger partial charge in [0.25, 0.3) is 5.91 Å². The fourth-order valence-corrected chi connectivity index (χ4v) is 1.95. The summed E-state index contributed by atoms with van der Waals surface area (Å²) < 4.78 is 5.45. The second-order valence-corrected chi connectivity index (χ2v) is 4.25. The van der Waals surface area contributed by atoms with E-state index in [0.29, 0.717) is 0 Å². The summed E-state index contributed by atoms with van der Waals surface area (Å²) in [5, 5.41) is 3.13. The molecule has 1 heterocycles. The lowest BCUT2D eigenvalue weighted by Gasteiger charge is -2.26. The molecule has 0 saturated carbocycles. The SMILES string of the molecule is CNCCCc1ccc2c(c1)OCC(=O)N2C. The van der Waals surface area contributed by atoms with Crippen LogP contribution in [-0.2, 0) is 11.2 Å². The lowest BCUT2D eigenvalue weighted by Crippen LogP contribution is -2.35. The van der Waals surface area contributed by atoms with Crippen molar-refractivity contribution in [3.05, 3.63) is 23.8 Å². The molecule has 0 aromatic heterocycles. The molecule has 0 spiro atoms. The van der Waals surface area contributed by atoms with Gasteiger partial charge in [0.05, 0.1) is 5.69 Å². The van der Waals surface area contributed by atoms with Gasteiger partial charge >= 0.3 is 0 Å². The summed E-state index contributed by atoms with van der Waals surface area (Å²) in [7, 11) is 3.74. The van der Waals surface area contributed by atoms with Gasteiger partial charge in [-0.3, -0.25) is 4.79 Å². The maximum absolute atomic E-state index is 11.4. The van der Waals surface area contributed by atoms with Crippen LogP contribution in [-0.4, -0.2) is 33.2 Å². The molecule has 1 aromatic rings. The number of carbonyl (C=O) groups excluding carboxylic acids is 1. The molecule has 0 unspecified atom stereocenters. The average Bonchev–Trinajstić information content (AvgIpc) is 2.34. The third-order valence-corrected chi connectivity index (χ3v) is 3.00. The first kappa shape index (κ1) is 11.9. The quantitative estimate of drug-likeness (QED) is 0.796. The Kier molecular flexibility index (Phi) is 3.64. The first-order valence-corrected chi connectivity index (χ1v) is 5.89. The summed E-state index contributed by atoms with van der Waals surface area (Å²) in [4.78, 5) is 13.1. The standard InChI is InChI=1S/C13H18N2O2/c1-14-7-3-4-10-5-6-11-12(8-10)17-9-13(16)15(11)2/h5-6,8,14H,3-4,7,9H2,1-2H3. The molecule has 0 aliphatic carbocycles. The van der Waals surface area contributed by atoms with Crippen LogP contribution in [0.2, 0.25) is 0 Å². The Balaban J connectivity index is 2.12. The molecule has 92 valence electrons. The lowest BCUT2D eigenvalue weighted by molar-refractivity contribution is -0.120. The normalized spacial score (nSPS) is 14.5. The van der Waals surface area contributed by atoms with Crippen molar-refractivity contribution in [2.45, 2.75) is 12.8 Å². The minimum absolute atomic E-state index is 0.000401. The highest BCUT2D eigenvalue weighted by atomic mass is 16.5. The summed E-state index contributed by atoms with van der Waals surface area (Å²) in [6.07, 6.45) is 2.12. The molecule has 4 heteroatoms. The van der Waals surface area contributed by atoms with E-state index in [1.807, 2.05) is 19.2 Å². The number of nitrogens with zero attached hydrogens (tertiary/aromatic N) is 1. The molecular weight excluding hydrogens is 216 g/mol. The topological polar surface area (TPSA) is 41.6 Å². The number of rotatable bonds is 4. The number of hydrogen-bond acceptors (Lipinski definition) is 3. The van der Waals surface area contributed by atoms with Crippen LogP contribution in [0.1, 0.15) is 12.0 Å². The van der Waals surface area contributed by atoms with Crippen molar-refractivity contribution >= 4 is 11.6 Å². The van der Waals surface area contributed by atoms with Crippen LogP contribution in [0.5, 0.6) is 5.75 Å². The van der Waals surface area contributed by atoms with Gasteiger partial charge in [0.1, 0.15) is 5.75 Å². The number of amides is 1. The van der Waals surface area contributed by atoms with E-state index in [0.717, 1.165) is 30.8 Å². The van der Waals surface area contributed by atoms with Gasteiger partial charge in [-0.25, -0.2) is 0 Å². The molecule has 1 N–H and O–H groups in total. The first-order chi connectivity index (χ1) is 8.22. The number of anilines is 1. The van der Waals surface area contributed by atoms with Crippen molar-refractivity contribution in [1.29, 1.82) is 0 Å². The maximum Gasteiger partial charge on any atom is 0.264 e. The van der Waals surface area contributed by atoms with Crippen molar-refractivity contribution in [2.24, 2.45) is 0 Å². The summed E-state index contributed by atoms with van der Waals surface area (Å²) in [6, 6.07) is 6.06. The number of benzene rings is 1. The maximum atomic E-state index is 11.4. The number of likely N-dealkylation sites (N-methyl/N-ethyl adjacent to an activating group) is 1. The lowest BCUT2D eigenvalue weighted by atomic mass is 10.1. The fourth-order valence-electron chi connectivity index (χ4n) is 1.95. The average molecular weight is 234 g/mol. The Morgan fingerprint density at radius 1 is 1.47 bits per heavy atom. The molecule has 2 rings (SSSR count). The predicted molar refractivity (Wildman–Crippen MR) is 67.6 cm³/mol. The number of fused-ring (bicyclic) bond motifs is 1. The van der Waals surface area contributed by atoms with E-state index < -0.39 is 0 Å². The third-order valence-electron chi connectivity index (χ3n) is 3.00. The number of ether oxygens (including phenoxy) is 1. The van der Waals surface area contributed by atoms with Crippen molar-refractivity contribution in [3.8, 4) is 5.75 Å². The van der Waals surface area contributed by atoms with E-state index in [-0.39, 0.29) is 12.5 Å². The van der Waals surface area contributed by atoms with Gasteiger partial charge in [-0.2, -0.15) is 0 Å². The molecule has 0 bridgehead atoms. The van der Waals surface area contributed by atoms with Crippen molar-refractivity contribution in [2.75, 3.05) is 32.1 Å². The minimum Gasteiger partial charge on any atom is -0.482 e. The highest BCUT2D eigenvalue weighted by Gasteiger charge is 2.21. The molecule has 0 saturated heterocycles. The van der Waals surface area contributed by atoms with E-state index in [9.17, 15) is 4.79 Å². The number of aryl methyl sites for hydroxylation is 1. The van der Waals surface area contributed by atoms with Crippen LogP contribution in [0.25, 0.3) is 0 Å². The van der Waals surface area contributed by atoms with Crippen molar-refractivity contribution in [1.82, 2.24) is 5.32 Å². The second kappa shape index (κ2) is 5.19. The third kappa shape index (κ3) is 2.58. The van der Waals surface area contributed by atoms with Crippen LogP contribution in [0.15, 0.2) is 18.2 Å². The molecule has 1 aliphatic rings. The van der Waals surface area contributed by atoms with Gasteiger partial charge in [-0.1, -0.05) is 6.07 Å². The highest BCUT2D eigenvalue weighted by molar-refractivity contribution is 5.97. The van der Waals surface area contributed by atoms with Crippen LogP contribution in [0.3, 0.4) is 0 Å². The van der Waals surface area contributed by atoms with E-state index in [2.05, 4.69) is 11.4 Å². The largest absolute Gasteiger partial charge is 0.482 e. The Morgan fingerprint density at radius 2 is 2.29 bits per heavy atom. The molecule has 0 radical (unpaired) electrons. The Morgan fingerprint density at radius 3 is 3.06 bits per heavy atom. The molecule has 1 amide bonds. The molecule has 0 fully saturated rings. The van der Waals surface area contributed by atoms with Gasteiger partial charge in [-0.05, 0) is 44.1 Å². The summed E-state index contributed by atoms with van der Waals surface area (Å²) >= 11 is 0. The van der Waals surface area contributed by atoms with Crippen LogP contribution in [0.4, 0.5) is 5.69 Å². The highest BCUT2D eigenvalue weighted by Crippen LogP contribution is 2.32. The van der Waals surface area contributed by atoms with E-state index >= 15 is 0 Å². The number of hydrogen-bond donors (Lipinski definition) is 1. The fraction of sp³-hybridized carbons (Fsp3) is 0.462. The molecule has 0 atom stereocenters. The van der Waals surface area contributed by atoms with Crippen molar-refractivity contribution < 1.29 is 9.53 Å². The molecular formula is C13H18N2O2. The van der Waals surface area contributed by atoms with Crippen molar-refractivity contribution in [3.63, 3.8) is 0 Å². The summed E-state index contributed by atoms with van der Waals surface area (Å²) in [6.45, 7) is 1.15. The Hall–Kier alpha value is -1.55. The van der Waals surface area contributed by atoms with Gasteiger partial charge < -0.3 is 15.0 Å². The van der Waals surface area contributed by atoms with Crippen LogP contribution in [0, 0.1) is 0 Å². The molecule has 17 heavy (non-hydrogen) atoms. The van der Waals surface area contributed by atoms with Crippen LogP contribution >= 0.6 is 0 Å². The van der Waals surface area contributed by atoms with Gasteiger partial charge in [0, 0.05) is 7.05 Å². The number of nitrogens with one attached hydrogen (secondary N) is 1. The molecule has 1 aromatic carbocycles. The van der Waals surface area contributed by atoms with Gasteiger partial charge in [-0.15, -0.1) is 0 Å². The van der Waals surface area contributed by atoms with Gasteiger partial charge in [0.15, 0.2) is 6.61 Å². The summed E-state index contributed by atoms with van der Waals surface area (Å²) in [5.41, 5.74) is 2.11. The smallest absolute Gasteiger partial charge is 0.264 e. The zero-order valence-corrected chi connectivity index (χ0v) is 10.3.